The van der Waals surface area contributed by atoms with Crippen molar-refractivity contribution in [2.75, 3.05) is 11.9 Å². The molecule has 1 amide bonds. The van der Waals surface area contributed by atoms with Gasteiger partial charge in [0.25, 0.3) is 5.91 Å². The number of nitrogens with zero attached hydrogens (tertiary/aromatic N) is 2. The Morgan fingerprint density at radius 3 is 2.84 bits per heavy atom. The highest BCUT2D eigenvalue weighted by atomic mass is 35.5. The first kappa shape index (κ1) is 21.8. The first-order chi connectivity index (χ1) is 14.7. The van der Waals surface area contributed by atoms with Crippen molar-refractivity contribution in [3.05, 3.63) is 52.7 Å². The second-order valence-electron chi connectivity index (χ2n) is 7.63. The maximum absolute atomic E-state index is 13.3. The van der Waals surface area contributed by atoms with Gasteiger partial charge in [0.2, 0.25) is 10.0 Å². The van der Waals surface area contributed by atoms with Crippen LogP contribution in [-0.2, 0) is 21.3 Å². The van der Waals surface area contributed by atoms with Gasteiger partial charge >= 0.3 is 0 Å². The number of aromatic nitrogens is 2. The van der Waals surface area contributed by atoms with E-state index in [-0.39, 0.29) is 11.0 Å². The minimum absolute atomic E-state index is 0.0422. The van der Waals surface area contributed by atoms with Gasteiger partial charge in [0.1, 0.15) is 5.69 Å². The monoisotopic (exact) mass is 462 g/mol. The third-order valence-electron chi connectivity index (χ3n) is 5.33. The molecule has 31 heavy (non-hydrogen) atoms. The van der Waals surface area contributed by atoms with Gasteiger partial charge < -0.3 is 10.1 Å². The number of hydrogen-bond donors (Lipinski definition) is 2. The smallest absolute Gasteiger partial charge is 0.274 e. The van der Waals surface area contributed by atoms with E-state index in [4.69, 9.17) is 21.5 Å². The summed E-state index contributed by atoms with van der Waals surface area (Å²) in [5.41, 5.74) is 2.15. The Bertz CT molecular complexity index is 1250. The number of sulfonamides is 1. The SMILES string of the molecule is Cc1ccc(Cl)c2c(C(=O)Nc3cccc(S(N)(=O)=O)c3)n(C[C@H]3CCCCO3)nc12. The molecule has 2 aromatic carbocycles. The van der Waals surface area contributed by atoms with E-state index in [0.717, 1.165) is 24.8 Å². The summed E-state index contributed by atoms with van der Waals surface area (Å²) in [6.45, 7) is 3.02. The molecule has 0 unspecified atom stereocenters. The zero-order valence-corrected chi connectivity index (χ0v) is 18.5. The van der Waals surface area contributed by atoms with Crippen molar-refractivity contribution >= 4 is 44.1 Å². The number of carbonyl (C=O) groups is 1. The summed E-state index contributed by atoms with van der Waals surface area (Å²) in [6.07, 6.45) is 2.93. The highest BCUT2D eigenvalue weighted by Crippen LogP contribution is 2.31. The van der Waals surface area contributed by atoms with Crippen molar-refractivity contribution in [1.82, 2.24) is 9.78 Å². The fourth-order valence-corrected chi connectivity index (χ4v) is 4.57. The number of ether oxygens (including phenoxy) is 1. The zero-order valence-electron chi connectivity index (χ0n) is 17.0. The fraction of sp³-hybridized carbons (Fsp3) is 0.333. The van der Waals surface area contributed by atoms with Gasteiger partial charge in [-0.25, -0.2) is 13.6 Å². The highest BCUT2D eigenvalue weighted by molar-refractivity contribution is 7.89. The average molecular weight is 463 g/mol. The number of nitrogens with two attached hydrogens (primary N) is 1. The van der Waals surface area contributed by atoms with Gasteiger partial charge in [0.15, 0.2) is 0 Å². The van der Waals surface area contributed by atoms with Crippen LogP contribution in [0, 0.1) is 6.92 Å². The molecule has 8 nitrogen and oxygen atoms in total. The van der Waals surface area contributed by atoms with E-state index in [1.807, 2.05) is 13.0 Å². The van der Waals surface area contributed by atoms with Crippen LogP contribution in [0.4, 0.5) is 5.69 Å². The van der Waals surface area contributed by atoms with Crippen molar-refractivity contribution in [1.29, 1.82) is 0 Å². The molecule has 3 aromatic rings. The van der Waals surface area contributed by atoms with E-state index in [1.54, 1.807) is 16.8 Å². The van der Waals surface area contributed by atoms with Crippen LogP contribution in [0.15, 0.2) is 41.3 Å². The van der Waals surface area contributed by atoms with Crippen molar-refractivity contribution in [3.63, 3.8) is 0 Å². The summed E-state index contributed by atoms with van der Waals surface area (Å²) < 4.78 is 30.8. The van der Waals surface area contributed by atoms with E-state index in [0.29, 0.717) is 40.5 Å². The molecule has 4 rings (SSSR count). The summed E-state index contributed by atoms with van der Waals surface area (Å²) in [5.74, 6) is -0.447. The lowest BCUT2D eigenvalue weighted by Crippen LogP contribution is -2.28. The van der Waals surface area contributed by atoms with Gasteiger partial charge in [0, 0.05) is 12.3 Å². The summed E-state index contributed by atoms with van der Waals surface area (Å²) in [6, 6.07) is 9.37. The molecule has 0 bridgehead atoms. The number of carbonyl (C=O) groups excluding carboxylic acids is 1. The molecule has 0 radical (unpaired) electrons. The molecule has 10 heteroatoms. The molecule has 1 aromatic heterocycles. The molecule has 1 atom stereocenters. The number of nitrogens with one attached hydrogen (secondary N) is 1. The van der Waals surface area contributed by atoms with Gasteiger partial charge in [-0.2, -0.15) is 5.10 Å². The van der Waals surface area contributed by atoms with Gasteiger partial charge in [-0.15, -0.1) is 0 Å². The van der Waals surface area contributed by atoms with Crippen LogP contribution >= 0.6 is 11.6 Å². The van der Waals surface area contributed by atoms with Gasteiger partial charge in [0.05, 0.1) is 33.5 Å². The second kappa shape index (κ2) is 8.58. The summed E-state index contributed by atoms with van der Waals surface area (Å²) in [4.78, 5) is 13.2. The van der Waals surface area contributed by atoms with Crippen molar-refractivity contribution in [2.24, 2.45) is 5.14 Å². The first-order valence-corrected chi connectivity index (χ1v) is 11.9. The summed E-state index contributed by atoms with van der Waals surface area (Å²) in [7, 11) is -3.90. The lowest BCUT2D eigenvalue weighted by Gasteiger charge is -2.23. The Morgan fingerprint density at radius 2 is 2.13 bits per heavy atom. The van der Waals surface area contributed by atoms with Gasteiger partial charge in [-0.3, -0.25) is 9.48 Å². The largest absolute Gasteiger partial charge is 0.376 e. The predicted octanol–water partition coefficient (Wildman–Crippen LogP) is 3.47. The van der Waals surface area contributed by atoms with Crippen molar-refractivity contribution in [3.8, 4) is 0 Å². The van der Waals surface area contributed by atoms with E-state index < -0.39 is 15.9 Å². The van der Waals surface area contributed by atoms with E-state index >= 15 is 0 Å². The first-order valence-electron chi connectivity index (χ1n) is 9.95. The van der Waals surface area contributed by atoms with E-state index in [2.05, 4.69) is 10.4 Å². The third-order valence-corrected chi connectivity index (χ3v) is 6.56. The predicted molar refractivity (Wildman–Crippen MR) is 119 cm³/mol. The molecular formula is C21H23ClN4O4S. The van der Waals surface area contributed by atoms with Gasteiger partial charge in [-0.05, 0) is 56.0 Å². The third kappa shape index (κ3) is 4.59. The number of benzene rings is 2. The van der Waals surface area contributed by atoms with E-state index in [1.165, 1.54) is 18.2 Å². The quantitative estimate of drug-likeness (QED) is 0.602. The topological polar surface area (TPSA) is 116 Å². The minimum atomic E-state index is -3.90. The number of primary sulfonamides is 1. The summed E-state index contributed by atoms with van der Waals surface area (Å²) in [5, 5.41) is 13.6. The van der Waals surface area contributed by atoms with Crippen LogP contribution in [0.25, 0.3) is 10.9 Å². The average Bonchev–Trinajstić information content (AvgIpc) is 3.11. The number of halogens is 1. The number of rotatable bonds is 5. The fourth-order valence-electron chi connectivity index (χ4n) is 3.77. The highest BCUT2D eigenvalue weighted by Gasteiger charge is 2.25. The van der Waals surface area contributed by atoms with Gasteiger partial charge in [-0.1, -0.05) is 23.7 Å². The zero-order chi connectivity index (χ0) is 22.2. The molecule has 164 valence electrons. The maximum Gasteiger partial charge on any atom is 0.274 e. The Balaban J connectivity index is 1.75. The van der Waals surface area contributed by atoms with Crippen LogP contribution in [0.1, 0.15) is 35.3 Å². The normalized spacial score (nSPS) is 17.1. The lowest BCUT2D eigenvalue weighted by atomic mass is 10.1. The molecular weight excluding hydrogens is 440 g/mol. The van der Waals surface area contributed by atoms with Crippen molar-refractivity contribution < 1.29 is 17.9 Å². The Morgan fingerprint density at radius 1 is 1.32 bits per heavy atom. The standard InChI is InChI=1S/C21H23ClN4O4S/c1-13-8-9-17(22)18-19(13)25-26(12-15-6-2-3-10-30-15)20(18)21(27)24-14-5-4-7-16(11-14)31(23,28)29/h4-5,7-9,11,15H,2-3,6,10,12H2,1H3,(H,24,27)(H2,23,28,29)/t15-/m1/s1. The lowest BCUT2D eigenvalue weighted by molar-refractivity contribution is 0.00379. The van der Waals surface area contributed by atoms with Crippen LogP contribution in [0.2, 0.25) is 5.02 Å². The van der Waals surface area contributed by atoms with Crippen LogP contribution in [0.3, 0.4) is 0 Å². The molecule has 0 spiro atoms. The number of fused-ring (bicyclic) bond motifs is 1. The van der Waals surface area contributed by atoms with Crippen molar-refractivity contribution in [2.45, 2.75) is 43.7 Å². The van der Waals surface area contributed by atoms with Crippen LogP contribution < -0.4 is 10.5 Å². The number of hydrogen-bond acceptors (Lipinski definition) is 5. The Hall–Kier alpha value is -2.46. The summed E-state index contributed by atoms with van der Waals surface area (Å²) >= 11 is 6.46. The number of aryl methyl sites for hydroxylation is 1. The maximum atomic E-state index is 13.3. The number of amides is 1. The molecule has 0 aliphatic carbocycles. The van der Waals surface area contributed by atoms with Crippen LogP contribution in [0.5, 0.6) is 0 Å². The second-order valence-corrected chi connectivity index (χ2v) is 9.60. The molecule has 1 aliphatic rings. The Labute approximate surface area is 185 Å². The van der Waals surface area contributed by atoms with E-state index in [9.17, 15) is 13.2 Å². The molecule has 2 heterocycles. The molecule has 3 N–H and O–H groups in total. The molecule has 1 aliphatic heterocycles. The molecule has 1 saturated heterocycles. The minimum Gasteiger partial charge on any atom is -0.376 e. The molecule has 0 saturated carbocycles. The molecule has 1 fully saturated rings. The number of anilines is 1. The Kier molecular flexibility index (Phi) is 6.02. The van der Waals surface area contributed by atoms with Crippen LogP contribution in [-0.4, -0.2) is 36.8 Å².